The van der Waals surface area contributed by atoms with E-state index in [9.17, 15) is 5.11 Å². The molecular formula is C22H17Cl3N2O. The fourth-order valence-corrected chi connectivity index (χ4v) is 3.78. The van der Waals surface area contributed by atoms with Crippen molar-refractivity contribution in [3.05, 3.63) is 98.5 Å². The zero-order valence-corrected chi connectivity index (χ0v) is 17.0. The van der Waals surface area contributed by atoms with Gasteiger partial charge in [0.15, 0.2) is 0 Å². The van der Waals surface area contributed by atoms with E-state index in [-0.39, 0.29) is 18.0 Å². The molecule has 0 aromatic heterocycles. The van der Waals surface area contributed by atoms with Gasteiger partial charge in [-0.15, -0.1) is 0 Å². The largest absolute Gasteiger partial charge is 0.508 e. The molecular weight excluding hydrogens is 415 g/mol. The van der Waals surface area contributed by atoms with Crippen molar-refractivity contribution < 1.29 is 5.11 Å². The number of hydrogen-bond acceptors (Lipinski definition) is 3. The zero-order valence-electron chi connectivity index (χ0n) is 14.7. The third kappa shape index (κ3) is 4.18. The van der Waals surface area contributed by atoms with E-state index >= 15 is 0 Å². The van der Waals surface area contributed by atoms with Crippen LogP contribution in [0.1, 0.15) is 35.3 Å². The summed E-state index contributed by atoms with van der Waals surface area (Å²) in [6, 6.07) is 20.1. The Balaban J connectivity index is 1.76. The van der Waals surface area contributed by atoms with E-state index in [0.29, 0.717) is 21.5 Å². The second kappa shape index (κ2) is 8.14. The molecule has 0 radical (unpaired) electrons. The highest BCUT2D eigenvalue weighted by molar-refractivity contribution is 6.31. The van der Waals surface area contributed by atoms with Crippen molar-refractivity contribution >= 4 is 40.5 Å². The average Bonchev–Trinajstić information content (AvgIpc) is 2.70. The van der Waals surface area contributed by atoms with Gasteiger partial charge in [0, 0.05) is 38.8 Å². The summed E-state index contributed by atoms with van der Waals surface area (Å²) in [4.78, 5) is 4.91. The van der Waals surface area contributed by atoms with Gasteiger partial charge in [-0.1, -0.05) is 59.1 Å². The minimum atomic E-state index is -0.278. The number of halogens is 3. The summed E-state index contributed by atoms with van der Waals surface area (Å²) in [6.45, 7) is 0. The number of phenols is 1. The van der Waals surface area contributed by atoms with Crippen molar-refractivity contribution in [2.45, 2.75) is 18.6 Å². The molecule has 0 fully saturated rings. The highest BCUT2D eigenvalue weighted by Crippen LogP contribution is 2.36. The fraction of sp³-hybridized carbons (Fsp3) is 0.136. The van der Waals surface area contributed by atoms with E-state index in [4.69, 9.17) is 39.8 Å². The van der Waals surface area contributed by atoms with Crippen molar-refractivity contribution in [3.63, 3.8) is 0 Å². The van der Waals surface area contributed by atoms with Crippen molar-refractivity contribution in [2.75, 3.05) is 0 Å². The standard InChI is InChI=1S/C22H17Cl3N2O/c23-15-5-1-13(2-6-15)19-12-20(18-11-17(25)9-10-21(18)28)27-22(26-19)14-3-7-16(24)8-4-14/h1-11,20,22,27-28H,12H2/t20-,22-/m0/s1. The monoisotopic (exact) mass is 430 g/mol. The first-order chi connectivity index (χ1) is 13.5. The fourth-order valence-electron chi connectivity index (χ4n) is 3.34. The number of hydrogen-bond donors (Lipinski definition) is 2. The molecule has 4 rings (SSSR count). The predicted molar refractivity (Wildman–Crippen MR) is 116 cm³/mol. The van der Waals surface area contributed by atoms with Crippen LogP contribution < -0.4 is 5.32 Å². The second-order valence-electron chi connectivity index (χ2n) is 6.66. The lowest BCUT2D eigenvalue weighted by atomic mass is 9.93. The molecule has 0 bridgehead atoms. The SMILES string of the molecule is Oc1ccc(Cl)cc1[C@@H]1CC(c2ccc(Cl)cc2)=N[C@H](c2ccc(Cl)cc2)N1. The Morgan fingerprint density at radius 3 is 2.11 bits per heavy atom. The molecule has 6 heteroatoms. The van der Waals surface area contributed by atoms with Crippen LogP contribution in [-0.4, -0.2) is 10.8 Å². The van der Waals surface area contributed by atoms with Crippen LogP contribution in [0.5, 0.6) is 5.75 Å². The Morgan fingerprint density at radius 1 is 0.821 bits per heavy atom. The molecule has 28 heavy (non-hydrogen) atoms. The van der Waals surface area contributed by atoms with E-state index in [0.717, 1.165) is 22.4 Å². The van der Waals surface area contributed by atoms with Crippen LogP contribution >= 0.6 is 34.8 Å². The lowest BCUT2D eigenvalue weighted by Crippen LogP contribution is -2.33. The van der Waals surface area contributed by atoms with Gasteiger partial charge in [-0.2, -0.15) is 0 Å². The Morgan fingerprint density at radius 2 is 1.43 bits per heavy atom. The second-order valence-corrected chi connectivity index (χ2v) is 7.97. The van der Waals surface area contributed by atoms with Gasteiger partial charge in [0.05, 0.1) is 0 Å². The summed E-state index contributed by atoms with van der Waals surface area (Å²) in [5, 5.41) is 15.8. The van der Waals surface area contributed by atoms with Gasteiger partial charge in [-0.05, 0) is 53.6 Å². The number of rotatable bonds is 3. The Labute approximate surface area is 178 Å². The van der Waals surface area contributed by atoms with Crippen LogP contribution in [-0.2, 0) is 0 Å². The first kappa shape index (κ1) is 19.3. The van der Waals surface area contributed by atoms with E-state index in [1.807, 2.05) is 48.5 Å². The molecule has 3 nitrogen and oxygen atoms in total. The molecule has 142 valence electrons. The smallest absolute Gasteiger partial charge is 0.126 e. The summed E-state index contributed by atoms with van der Waals surface area (Å²) in [5.41, 5.74) is 3.66. The number of nitrogens with zero attached hydrogens (tertiary/aromatic N) is 1. The van der Waals surface area contributed by atoms with E-state index in [1.165, 1.54) is 0 Å². The molecule has 0 unspecified atom stereocenters. The topological polar surface area (TPSA) is 44.6 Å². The zero-order chi connectivity index (χ0) is 19.7. The lowest BCUT2D eigenvalue weighted by Gasteiger charge is -2.31. The molecule has 0 saturated heterocycles. The highest BCUT2D eigenvalue weighted by atomic mass is 35.5. The maximum atomic E-state index is 10.4. The number of aliphatic imine (C=N–C) groups is 1. The van der Waals surface area contributed by atoms with Crippen LogP contribution in [0.25, 0.3) is 0 Å². The van der Waals surface area contributed by atoms with Crippen LogP contribution in [0.4, 0.5) is 0 Å². The molecule has 1 heterocycles. The molecule has 1 aliphatic rings. The molecule has 0 saturated carbocycles. The van der Waals surface area contributed by atoms with Crippen molar-refractivity contribution in [2.24, 2.45) is 4.99 Å². The Kier molecular flexibility index (Phi) is 5.61. The van der Waals surface area contributed by atoms with E-state index in [2.05, 4.69) is 5.32 Å². The van der Waals surface area contributed by atoms with Crippen LogP contribution in [0.15, 0.2) is 71.7 Å². The maximum Gasteiger partial charge on any atom is 0.126 e. The van der Waals surface area contributed by atoms with Gasteiger partial charge < -0.3 is 5.11 Å². The molecule has 1 aliphatic heterocycles. The third-order valence-electron chi connectivity index (χ3n) is 4.77. The number of phenolic OH excluding ortho intramolecular Hbond substituents is 1. The minimum absolute atomic E-state index is 0.150. The first-order valence-electron chi connectivity index (χ1n) is 8.82. The molecule has 3 aromatic rings. The normalized spacial score (nSPS) is 19.3. The quantitative estimate of drug-likeness (QED) is 0.492. The highest BCUT2D eigenvalue weighted by Gasteiger charge is 2.27. The molecule has 3 aromatic carbocycles. The van der Waals surface area contributed by atoms with E-state index < -0.39 is 0 Å². The maximum absolute atomic E-state index is 10.4. The van der Waals surface area contributed by atoms with Gasteiger partial charge in [0.1, 0.15) is 11.9 Å². The minimum Gasteiger partial charge on any atom is -0.508 e. The summed E-state index contributed by atoms with van der Waals surface area (Å²) in [5.74, 6) is 0.203. The molecule has 0 aliphatic carbocycles. The first-order valence-corrected chi connectivity index (χ1v) is 9.95. The van der Waals surface area contributed by atoms with Crippen molar-refractivity contribution in [1.82, 2.24) is 5.32 Å². The Bertz CT molecular complexity index is 1020. The van der Waals surface area contributed by atoms with Crippen LogP contribution in [0.3, 0.4) is 0 Å². The summed E-state index contributed by atoms with van der Waals surface area (Å²) < 4.78 is 0. The predicted octanol–water partition coefficient (Wildman–Crippen LogP) is 6.57. The van der Waals surface area contributed by atoms with Gasteiger partial charge in [-0.25, -0.2) is 0 Å². The molecule has 0 spiro atoms. The van der Waals surface area contributed by atoms with Crippen LogP contribution in [0, 0.1) is 0 Å². The Hall–Kier alpha value is -2.04. The number of nitrogens with one attached hydrogen (secondary N) is 1. The third-order valence-corrected chi connectivity index (χ3v) is 5.51. The summed E-state index contributed by atoms with van der Waals surface area (Å²) in [6.07, 6.45) is 0.333. The molecule has 0 amide bonds. The van der Waals surface area contributed by atoms with Gasteiger partial charge in [-0.3, -0.25) is 10.3 Å². The number of aromatic hydroxyl groups is 1. The molecule has 2 atom stereocenters. The van der Waals surface area contributed by atoms with E-state index in [1.54, 1.807) is 18.2 Å². The number of benzene rings is 3. The summed E-state index contributed by atoms with van der Waals surface area (Å²) >= 11 is 18.3. The lowest BCUT2D eigenvalue weighted by molar-refractivity contribution is 0.413. The van der Waals surface area contributed by atoms with Gasteiger partial charge in [0.2, 0.25) is 0 Å². The molecule has 2 N–H and O–H groups in total. The van der Waals surface area contributed by atoms with Crippen molar-refractivity contribution in [3.8, 4) is 5.75 Å². The summed E-state index contributed by atoms with van der Waals surface area (Å²) in [7, 11) is 0. The van der Waals surface area contributed by atoms with Gasteiger partial charge in [0.25, 0.3) is 0 Å². The van der Waals surface area contributed by atoms with Crippen LogP contribution in [0.2, 0.25) is 15.1 Å². The van der Waals surface area contributed by atoms with Crippen molar-refractivity contribution in [1.29, 1.82) is 0 Å². The van der Waals surface area contributed by atoms with Gasteiger partial charge >= 0.3 is 0 Å². The average molecular weight is 432 g/mol.